The van der Waals surface area contributed by atoms with Gasteiger partial charge in [0.05, 0.1) is 5.69 Å². The predicted molar refractivity (Wildman–Crippen MR) is 124 cm³/mol. The molecule has 4 rings (SSSR count). The van der Waals surface area contributed by atoms with Crippen LogP contribution in [-0.2, 0) is 19.7 Å². The summed E-state index contributed by atoms with van der Waals surface area (Å²) in [6.45, 7) is 3.32. The van der Waals surface area contributed by atoms with Gasteiger partial charge in [0.25, 0.3) is 5.91 Å². The lowest BCUT2D eigenvalue weighted by Gasteiger charge is -2.22. The summed E-state index contributed by atoms with van der Waals surface area (Å²) < 4.78 is 5.81. The second-order valence-electron chi connectivity index (χ2n) is 7.26. The number of carbonyl (C=O) groups excluding carboxylic acids is 1. The van der Waals surface area contributed by atoms with Gasteiger partial charge in [-0.15, -0.1) is 11.3 Å². The van der Waals surface area contributed by atoms with Gasteiger partial charge in [0.2, 0.25) is 0 Å². The van der Waals surface area contributed by atoms with Crippen molar-refractivity contribution in [2.75, 3.05) is 0 Å². The molecule has 0 aliphatic heterocycles. The van der Waals surface area contributed by atoms with Crippen LogP contribution >= 0.6 is 11.3 Å². The average molecular weight is 429 g/mol. The van der Waals surface area contributed by atoms with Crippen molar-refractivity contribution in [3.05, 3.63) is 118 Å². The molecule has 4 aromatic rings. The van der Waals surface area contributed by atoms with Crippen LogP contribution in [0.5, 0.6) is 5.75 Å². The number of benzene rings is 3. The summed E-state index contributed by atoms with van der Waals surface area (Å²) in [6, 6.07) is 29.8. The third kappa shape index (κ3) is 5.58. The third-order valence-corrected chi connectivity index (χ3v) is 5.98. The average Bonchev–Trinajstić information content (AvgIpc) is 3.19. The molecule has 0 unspecified atom stereocenters. The van der Waals surface area contributed by atoms with E-state index in [4.69, 9.17) is 4.74 Å². The molecule has 0 fully saturated rings. The lowest BCUT2D eigenvalue weighted by Crippen LogP contribution is -2.30. The van der Waals surface area contributed by atoms with Gasteiger partial charge in [-0.3, -0.25) is 4.79 Å². The van der Waals surface area contributed by atoms with E-state index >= 15 is 0 Å². The number of hydrogen-bond acceptors (Lipinski definition) is 4. The molecule has 4 nitrogen and oxygen atoms in total. The van der Waals surface area contributed by atoms with Crippen LogP contribution in [0.2, 0.25) is 0 Å². The van der Waals surface area contributed by atoms with Gasteiger partial charge in [-0.2, -0.15) is 0 Å². The fourth-order valence-electron chi connectivity index (χ4n) is 3.32. The number of hydrogen-bond donors (Lipinski definition) is 0. The lowest BCUT2D eigenvalue weighted by molar-refractivity contribution is 0.0734. The normalized spacial score (nSPS) is 10.6. The summed E-state index contributed by atoms with van der Waals surface area (Å²) >= 11 is 1.41. The summed E-state index contributed by atoms with van der Waals surface area (Å²) in [6.07, 6.45) is 0. The molecule has 1 aromatic heterocycles. The van der Waals surface area contributed by atoms with Gasteiger partial charge in [-0.1, -0.05) is 78.9 Å². The SMILES string of the molecule is Cc1nc(COc2ccccc2)sc1C(=O)N(Cc1ccccc1)Cc1ccccc1. The highest BCUT2D eigenvalue weighted by Crippen LogP contribution is 2.24. The van der Waals surface area contributed by atoms with Gasteiger partial charge in [0, 0.05) is 13.1 Å². The smallest absolute Gasteiger partial charge is 0.266 e. The van der Waals surface area contributed by atoms with Crippen molar-refractivity contribution in [3.63, 3.8) is 0 Å². The lowest BCUT2D eigenvalue weighted by atomic mass is 10.1. The Hall–Kier alpha value is -3.44. The largest absolute Gasteiger partial charge is 0.486 e. The van der Waals surface area contributed by atoms with Gasteiger partial charge in [-0.05, 0) is 30.2 Å². The number of nitrogens with zero attached hydrogens (tertiary/aromatic N) is 2. The van der Waals surface area contributed by atoms with Gasteiger partial charge in [-0.25, -0.2) is 4.98 Å². The Kier molecular flexibility index (Phi) is 6.75. The zero-order valence-corrected chi connectivity index (χ0v) is 18.2. The molecule has 0 bridgehead atoms. The van der Waals surface area contributed by atoms with E-state index in [0.717, 1.165) is 27.6 Å². The van der Waals surface area contributed by atoms with E-state index < -0.39 is 0 Å². The summed E-state index contributed by atoms with van der Waals surface area (Å²) in [5.41, 5.74) is 2.94. The van der Waals surface area contributed by atoms with E-state index in [2.05, 4.69) is 4.98 Å². The standard InChI is InChI=1S/C26H24N2O2S/c1-20-25(31-24(27-20)19-30-23-15-9-4-10-16-23)26(29)28(17-21-11-5-2-6-12-21)18-22-13-7-3-8-14-22/h2-16H,17-19H2,1H3. The number of rotatable bonds is 8. The maximum absolute atomic E-state index is 13.5. The molecule has 31 heavy (non-hydrogen) atoms. The predicted octanol–water partition coefficient (Wildman–Crippen LogP) is 5.87. The van der Waals surface area contributed by atoms with E-state index in [-0.39, 0.29) is 5.91 Å². The molecule has 0 radical (unpaired) electrons. The minimum atomic E-state index is -0.00586. The molecular weight excluding hydrogens is 404 g/mol. The van der Waals surface area contributed by atoms with Crippen molar-refractivity contribution in [2.24, 2.45) is 0 Å². The zero-order valence-electron chi connectivity index (χ0n) is 17.4. The Morgan fingerprint density at radius 3 is 1.90 bits per heavy atom. The van der Waals surface area contributed by atoms with Crippen LogP contribution in [0.4, 0.5) is 0 Å². The Labute approximate surface area is 186 Å². The van der Waals surface area contributed by atoms with Gasteiger partial charge in [0.15, 0.2) is 0 Å². The van der Waals surface area contributed by atoms with Crippen molar-refractivity contribution >= 4 is 17.2 Å². The van der Waals surface area contributed by atoms with Crippen LogP contribution in [0.3, 0.4) is 0 Å². The highest BCUT2D eigenvalue weighted by atomic mass is 32.1. The fourth-order valence-corrected chi connectivity index (χ4v) is 4.27. The minimum Gasteiger partial charge on any atom is -0.486 e. The Bertz CT molecular complexity index is 1070. The molecule has 156 valence electrons. The van der Waals surface area contributed by atoms with E-state index in [1.807, 2.05) is 103 Å². The first kappa shape index (κ1) is 20.8. The van der Waals surface area contributed by atoms with E-state index in [0.29, 0.717) is 24.6 Å². The maximum atomic E-state index is 13.5. The topological polar surface area (TPSA) is 42.4 Å². The van der Waals surface area contributed by atoms with Gasteiger partial charge < -0.3 is 9.64 Å². The Balaban J connectivity index is 1.53. The first-order chi connectivity index (χ1) is 15.2. The molecule has 1 amide bonds. The highest BCUT2D eigenvalue weighted by Gasteiger charge is 2.22. The fraction of sp³-hybridized carbons (Fsp3) is 0.154. The molecule has 0 saturated carbocycles. The maximum Gasteiger partial charge on any atom is 0.266 e. The van der Waals surface area contributed by atoms with Gasteiger partial charge in [0.1, 0.15) is 22.2 Å². The van der Waals surface area contributed by atoms with Gasteiger partial charge >= 0.3 is 0 Å². The summed E-state index contributed by atoms with van der Waals surface area (Å²) in [5, 5.41) is 0.795. The molecule has 5 heteroatoms. The second kappa shape index (κ2) is 10.0. The molecular formula is C26H24N2O2S. The molecule has 3 aromatic carbocycles. The molecule has 0 N–H and O–H groups in total. The minimum absolute atomic E-state index is 0.00586. The molecule has 0 spiro atoms. The van der Waals surface area contributed by atoms with Crippen LogP contribution in [0.25, 0.3) is 0 Å². The van der Waals surface area contributed by atoms with Crippen LogP contribution in [0.15, 0.2) is 91.0 Å². The first-order valence-electron chi connectivity index (χ1n) is 10.2. The number of para-hydroxylation sites is 1. The number of aryl methyl sites for hydroxylation is 1. The second-order valence-corrected chi connectivity index (χ2v) is 8.34. The Morgan fingerprint density at radius 1 is 0.839 bits per heavy atom. The summed E-state index contributed by atoms with van der Waals surface area (Å²) in [4.78, 5) is 20.7. The summed E-state index contributed by atoms with van der Waals surface area (Å²) in [7, 11) is 0. The van der Waals surface area contributed by atoms with Crippen LogP contribution in [0, 0.1) is 6.92 Å². The number of aromatic nitrogens is 1. The molecule has 0 aliphatic carbocycles. The van der Waals surface area contributed by atoms with Crippen molar-refractivity contribution in [2.45, 2.75) is 26.6 Å². The number of amides is 1. The number of thiazole rings is 1. The van der Waals surface area contributed by atoms with Crippen molar-refractivity contribution in [1.29, 1.82) is 0 Å². The van der Waals surface area contributed by atoms with E-state index in [9.17, 15) is 4.79 Å². The van der Waals surface area contributed by atoms with Crippen LogP contribution in [0.1, 0.15) is 31.5 Å². The molecule has 0 atom stereocenters. The molecule has 0 saturated heterocycles. The van der Waals surface area contributed by atoms with Crippen molar-refractivity contribution < 1.29 is 9.53 Å². The van der Waals surface area contributed by atoms with Crippen LogP contribution in [-0.4, -0.2) is 15.8 Å². The third-order valence-electron chi connectivity index (χ3n) is 4.86. The molecule has 0 aliphatic rings. The zero-order chi connectivity index (χ0) is 21.5. The van der Waals surface area contributed by atoms with E-state index in [1.165, 1.54) is 11.3 Å². The first-order valence-corrected chi connectivity index (χ1v) is 11.0. The number of carbonyl (C=O) groups is 1. The number of ether oxygens (including phenoxy) is 1. The molecule has 1 heterocycles. The monoisotopic (exact) mass is 428 g/mol. The van der Waals surface area contributed by atoms with E-state index in [1.54, 1.807) is 0 Å². The highest BCUT2D eigenvalue weighted by molar-refractivity contribution is 7.13. The van der Waals surface area contributed by atoms with Crippen LogP contribution < -0.4 is 4.74 Å². The van der Waals surface area contributed by atoms with Crippen molar-refractivity contribution in [1.82, 2.24) is 9.88 Å². The van der Waals surface area contributed by atoms with Crippen molar-refractivity contribution in [3.8, 4) is 5.75 Å². The Morgan fingerprint density at radius 2 is 1.35 bits per heavy atom. The quantitative estimate of drug-likeness (QED) is 0.352. The summed E-state index contributed by atoms with van der Waals surface area (Å²) in [5.74, 6) is 0.784.